The van der Waals surface area contributed by atoms with Crippen LogP contribution in [0.3, 0.4) is 0 Å². The molecule has 0 spiro atoms. The SMILES string of the molecule is CC(Oc1ccc(Cc2ccc(Cl)cc2Cl)cc1)C(=O)[O-]. The quantitative estimate of drug-likeness (QED) is 0.849. The molecule has 0 saturated heterocycles. The van der Waals surface area contributed by atoms with Crippen molar-refractivity contribution in [3.05, 3.63) is 63.6 Å². The summed E-state index contributed by atoms with van der Waals surface area (Å²) < 4.78 is 5.21. The van der Waals surface area contributed by atoms with Gasteiger partial charge in [-0.1, -0.05) is 41.4 Å². The summed E-state index contributed by atoms with van der Waals surface area (Å²) in [7, 11) is 0. The summed E-state index contributed by atoms with van der Waals surface area (Å²) in [6.45, 7) is 1.43. The summed E-state index contributed by atoms with van der Waals surface area (Å²) >= 11 is 12.0. The average Bonchev–Trinajstić information content (AvgIpc) is 2.43. The Labute approximate surface area is 133 Å². The van der Waals surface area contributed by atoms with E-state index in [1.54, 1.807) is 24.3 Å². The highest BCUT2D eigenvalue weighted by molar-refractivity contribution is 6.35. The van der Waals surface area contributed by atoms with Gasteiger partial charge in [0.2, 0.25) is 0 Å². The Hall–Kier alpha value is -1.71. The number of carbonyl (C=O) groups excluding carboxylic acids is 1. The van der Waals surface area contributed by atoms with Crippen LogP contribution in [0, 0.1) is 0 Å². The molecule has 1 unspecified atom stereocenters. The second-order valence-electron chi connectivity index (χ2n) is 4.64. The van der Waals surface area contributed by atoms with E-state index in [1.807, 2.05) is 18.2 Å². The lowest BCUT2D eigenvalue weighted by atomic mass is 10.0. The van der Waals surface area contributed by atoms with Crippen molar-refractivity contribution in [2.45, 2.75) is 19.4 Å². The van der Waals surface area contributed by atoms with Crippen molar-refractivity contribution in [2.75, 3.05) is 0 Å². The minimum absolute atomic E-state index is 0.484. The van der Waals surface area contributed by atoms with E-state index in [4.69, 9.17) is 27.9 Å². The van der Waals surface area contributed by atoms with Crippen molar-refractivity contribution < 1.29 is 14.6 Å². The molecule has 0 heterocycles. The number of carbonyl (C=O) groups is 1. The molecular formula is C16H13Cl2O3-. The first-order valence-corrected chi connectivity index (χ1v) is 7.11. The first kappa shape index (κ1) is 15.7. The number of ether oxygens (including phenoxy) is 1. The van der Waals surface area contributed by atoms with Crippen LogP contribution in [-0.4, -0.2) is 12.1 Å². The molecule has 1 atom stereocenters. The molecular weight excluding hydrogens is 311 g/mol. The highest BCUT2D eigenvalue weighted by Gasteiger charge is 2.06. The van der Waals surface area contributed by atoms with Crippen LogP contribution in [0.4, 0.5) is 0 Å². The fourth-order valence-electron chi connectivity index (χ4n) is 1.82. The van der Waals surface area contributed by atoms with Crippen molar-refractivity contribution in [1.29, 1.82) is 0 Å². The Morgan fingerprint density at radius 3 is 2.43 bits per heavy atom. The lowest BCUT2D eigenvalue weighted by molar-refractivity contribution is -0.312. The molecule has 2 aromatic rings. The number of halogens is 2. The number of benzene rings is 2. The Balaban J connectivity index is 2.07. The van der Waals surface area contributed by atoms with Crippen LogP contribution in [0.15, 0.2) is 42.5 Å². The van der Waals surface area contributed by atoms with Crippen molar-refractivity contribution in [3.63, 3.8) is 0 Å². The third-order valence-electron chi connectivity index (χ3n) is 2.98. The zero-order chi connectivity index (χ0) is 15.4. The summed E-state index contributed by atoms with van der Waals surface area (Å²) in [5, 5.41) is 11.8. The van der Waals surface area contributed by atoms with Crippen molar-refractivity contribution in [2.24, 2.45) is 0 Å². The number of rotatable bonds is 5. The van der Waals surface area contributed by atoms with E-state index < -0.39 is 12.1 Å². The summed E-state index contributed by atoms with van der Waals surface area (Å²) in [4.78, 5) is 10.6. The van der Waals surface area contributed by atoms with Gasteiger partial charge in [0.15, 0.2) is 0 Å². The second kappa shape index (κ2) is 6.83. The molecule has 0 fully saturated rings. The number of hydrogen-bond donors (Lipinski definition) is 0. The largest absolute Gasteiger partial charge is 0.546 e. The number of aliphatic carboxylic acids is 1. The Morgan fingerprint density at radius 2 is 1.86 bits per heavy atom. The maximum absolute atomic E-state index is 10.6. The normalized spacial score (nSPS) is 12.0. The second-order valence-corrected chi connectivity index (χ2v) is 5.48. The Morgan fingerprint density at radius 1 is 1.19 bits per heavy atom. The van der Waals surface area contributed by atoms with Crippen LogP contribution >= 0.6 is 23.2 Å². The third-order valence-corrected chi connectivity index (χ3v) is 3.56. The van der Waals surface area contributed by atoms with Gasteiger partial charge in [0.1, 0.15) is 11.9 Å². The van der Waals surface area contributed by atoms with E-state index >= 15 is 0 Å². The maximum Gasteiger partial charge on any atom is 0.135 e. The van der Waals surface area contributed by atoms with Gasteiger partial charge in [-0.3, -0.25) is 0 Å². The van der Waals surface area contributed by atoms with Gasteiger partial charge >= 0.3 is 0 Å². The molecule has 0 saturated carbocycles. The summed E-state index contributed by atoms with van der Waals surface area (Å²) in [5.74, 6) is -0.760. The lowest BCUT2D eigenvalue weighted by Gasteiger charge is -2.15. The molecule has 0 radical (unpaired) electrons. The standard InChI is InChI=1S/C16H14Cl2O3/c1-10(16(19)20)21-14-6-2-11(3-7-14)8-12-4-5-13(17)9-15(12)18/h2-7,9-10H,8H2,1H3,(H,19,20)/p-1. The fourth-order valence-corrected chi connectivity index (χ4v) is 2.30. The summed E-state index contributed by atoms with van der Waals surface area (Å²) in [6.07, 6.45) is -0.326. The summed E-state index contributed by atoms with van der Waals surface area (Å²) in [6, 6.07) is 12.5. The predicted octanol–water partition coefficient (Wildman–Crippen LogP) is 3.10. The highest BCUT2D eigenvalue weighted by Crippen LogP contribution is 2.24. The molecule has 0 aliphatic rings. The van der Waals surface area contributed by atoms with Gasteiger partial charge in [0.05, 0.1) is 5.97 Å². The van der Waals surface area contributed by atoms with E-state index in [-0.39, 0.29) is 0 Å². The van der Waals surface area contributed by atoms with Crippen LogP contribution < -0.4 is 9.84 Å². The van der Waals surface area contributed by atoms with Gasteiger partial charge < -0.3 is 14.6 Å². The molecule has 2 aromatic carbocycles. The monoisotopic (exact) mass is 323 g/mol. The van der Waals surface area contributed by atoms with E-state index in [1.165, 1.54) is 6.92 Å². The van der Waals surface area contributed by atoms with Gasteiger partial charge in [0, 0.05) is 10.0 Å². The van der Waals surface area contributed by atoms with Crippen LogP contribution in [0.5, 0.6) is 5.75 Å². The minimum Gasteiger partial charge on any atom is -0.546 e. The first-order valence-electron chi connectivity index (χ1n) is 6.36. The number of hydrogen-bond acceptors (Lipinski definition) is 3. The van der Waals surface area contributed by atoms with Gasteiger partial charge in [-0.25, -0.2) is 0 Å². The minimum atomic E-state index is -1.24. The topological polar surface area (TPSA) is 49.4 Å². The maximum atomic E-state index is 10.6. The molecule has 2 rings (SSSR count). The molecule has 21 heavy (non-hydrogen) atoms. The van der Waals surface area contributed by atoms with Crippen LogP contribution in [-0.2, 0) is 11.2 Å². The fraction of sp³-hybridized carbons (Fsp3) is 0.188. The predicted molar refractivity (Wildman–Crippen MR) is 80.8 cm³/mol. The first-order chi connectivity index (χ1) is 9.95. The smallest absolute Gasteiger partial charge is 0.135 e. The Bertz CT molecular complexity index is 638. The molecule has 0 bridgehead atoms. The van der Waals surface area contributed by atoms with E-state index in [0.717, 1.165) is 11.1 Å². The average molecular weight is 324 g/mol. The van der Waals surface area contributed by atoms with Gasteiger partial charge in [0.25, 0.3) is 0 Å². The van der Waals surface area contributed by atoms with Crippen molar-refractivity contribution in [1.82, 2.24) is 0 Å². The van der Waals surface area contributed by atoms with Crippen LogP contribution in [0.1, 0.15) is 18.1 Å². The summed E-state index contributed by atoms with van der Waals surface area (Å²) in [5.41, 5.74) is 2.01. The van der Waals surface area contributed by atoms with E-state index in [2.05, 4.69) is 0 Å². The third kappa shape index (κ3) is 4.38. The molecule has 3 nitrogen and oxygen atoms in total. The van der Waals surface area contributed by atoms with Gasteiger partial charge in [-0.05, 0) is 48.7 Å². The lowest BCUT2D eigenvalue weighted by Crippen LogP contribution is -2.37. The Kier molecular flexibility index (Phi) is 5.10. The highest BCUT2D eigenvalue weighted by atomic mass is 35.5. The molecule has 0 aromatic heterocycles. The van der Waals surface area contributed by atoms with Gasteiger partial charge in [-0.2, -0.15) is 0 Å². The molecule has 0 aliphatic heterocycles. The van der Waals surface area contributed by atoms with Crippen molar-refractivity contribution in [3.8, 4) is 5.75 Å². The zero-order valence-electron chi connectivity index (χ0n) is 11.3. The molecule has 0 amide bonds. The van der Waals surface area contributed by atoms with E-state index in [0.29, 0.717) is 22.2 Å². The molecule has 5 heteroatoms. The van der Waals surface area contributed by atoms with Crippen molar-refractivity contribution >= 4 is 29.2 Å². The molecule has 0 N–H and O–H groups in total. The number of carboxylic acids is 1. The van der Waals surface area contributed by atoms with Crippen LogP contribution in [0.2, 0.25) is 10.0 Å². The van der Waals surface area contributed by atoms with Gasteiger partial charge in [-0.15, -0.1) is 0 Å². The molecule has 0 aliphatic carbocycles. The number of carboxylic acid groups (broad SMARTS) is 1. The van der Waals surface area contributed by atoms with Crippen LogP contribution in [0.25, 0.3) is 0 Å². The molecule has 110 valence electrons. The van der Waals surface area contributed by atoms with E-state index in [9.17, 15) is 9.90 Å². The zero-order valence-corrected chi connectivity index (χ0v) is 12.8.